The largest absolute Gasteiger partial charge is 0.374 e. The molecule has 0 bridgehead atoms. The predicted octanol–water partition coefficient (Wildman–Crippen LogP) is 1.65. The van der Waals surface area contributed by atoms with Crippen LogP contribution in [0.5, 0.6) is 0 Å². The zero-order valence-corrected chi connectivity index (χ0v) is 12.3. The van der Waals surface area contributed by atoms with E-state index >= 15 is 0 Å². The average molecular weight is 269 g/mol. The maximum atomic E-state index is 5.78. The summed E-state index contributed by atoms with van der Waals surface area (Å²) in [5.41, 5.74) is 1.11. The molecule has 0 radical (unpaired) electrons. The molecule has 0 aliphatic carbocycles. The summed E-state index contributed by atoms with van der Waals surface area (Å²) < 4.78 is 5.78. The van der Waals surface area contributed by atoms with E-state index in [1.807, 2.05) is 6.92 Å². The van der Waals surface area contributed by atoms with Crippen molar-refractivity contribution in [3.63, 3.8) is 0 Å². The van der Waals surface area contributed by atoms with E-state index in [0.29, 0.717) is 12.1 Å². The maximum Gasteiger partial charge on any atom is 0.107 e. The van der Waals surface area contributed by atoms with E-state index in [2.05, 4.69) is 34.4 Å². The molecule has 1 unspecified atom stereocenters. The van der Waals surface area contributed by atoms with Crippen molar-refractivity contribution in [2.75, 3.05) is 26.2 Å². The van der Waals surface area contributed by atoms with Crippen molar-refractivity contribution in [1.29, 1.82) is 0 Å². The molecule has 1 N–H and O–H groups in total. The Kier molecular flexibility index (Phi) is 5.12. The maximum absolute atomic E-state index is 5.78. The van der Waals surface area contributed by atoms with E-state index in [0.717, 1.165) is 43.5 Å². The van der Waals surface area contributed by atoms with E-state index in [1.165, 1.54) is 0 Å². The fourth-order valence-electron chi connectivity index (χ4n) is 2.16. The van der Waals surface area contributed by atoms with Gasteiger partial charge in [-0.1, -0.05) is 0 Å². The Morgan fingerprint density at radius 3 is 3.11 bits per heavy atom. The zero-order valence-electron chi connectivity index (χ0n) is 11.5. The Morgan fingerprint density at radius 1 is 1.61 bits per heavy atom. The van der Waals surface area contributed by atoms with Crippen molar-refractivity contribution in [2.45, 2.75) is 39.5 Å². The van der Waals surface area contributed by atoms with Gasteiger partial charge in [-0.15, -0.1) is 11.3 Å². The fraction of sp³-hybridized carbons (Fsp3) is 0.769. The molecule has 5 heteroatoms. The minimum absolute atomic E-state index is 0.308. The molecule has 18 heavy (non-hydrogen) atoms. The van der Waals surface area contributed by atoms with Crippen LogP contribution in [0.1, 0.15) is 24.5 Å². The lowest BCUT2D eigenvalue weighted by Gasteiger charge is -2.35. The number of hydrogen-bond donors (Lipinski definition) is 1. The normalized spacial score (nSPS) is 21.7. The van der Waals surface area contributed by atoms with Crippen LogP contribution in [0.4, 0.5) is 0 Å². The van der Waals surface area contributed by atoms with Crippen LogP contribution in [-0.4, -0.2) is 48.3 Å². The highest BCUT2D eigenvalue weighted by Gasteiger charge is 2.21. The highest BCUT2D eigenvalue weighted by atomic mass is 32.1. The van der Waals surface area contributed by atoms with Crippen molar-refractivity contribution in [3.05, 3.63) is 16.1 Å². The lowest BCUT2D eigenvalue weighted by atomic mass is 10.2. The van der Waals surface area contributed by atoms with Gasteiger partial charge in [0.1, 0.15) is 5.01 Å². The van der Waals surface area contributed by atoms with E-state index < -0.39 is 0 Å². The number of nitrogens with zero attached hydrogens (tertiary/aromatic N) is 2. The minimum Gasteiger partial charge on any atom is -0.374 e. The van der Waals surface area contributed by atoms with Crippen LogP contribution in [0, 0.1) is 6.92 Å². The van der Waals surface area contributed by atoms with Gasteiger partial charge >= 0.3 is 0 Å². The monoisotopic (exact) mass is 269 g/mol. The fourth-order valence-corrected chi connectivity index (χ4v) is 2.90. The standard InChI is InChI=1S/C13H23N3OS/c1-10(2)16-4-5-17-12(8-16)6-14-7-13-15-11(3)9-18-13/h9-10,12,14H,4-8H2,1-3H3. The van der Waals surface area contributed by atoms with Gasteiger partial charge in [0, 0.05) is 43.3 Å². The predicted molar refractivity (Wildman–Crippen MR) is 75.0 cm³/mol. The molecule has 0 aromatic carbocycles. The van der Waals surface area contributed by atoms with Gasteiger partial charge in [0.25, 0.3) is 0 Å². The van der Waals surface area contributed by atoms with Crippen LogP contribution in [0.2, 0.25) is 0 Å². The zero-order chi connectivity index (χ0) is 13.0. The van der Waals surface area contributed by atoms with Gasteiger partial charge in [-0.2, -0.15) is 0 Å². The SMILES string of the molecule is Cc1csc(CNCC2CN(C(C)C)CCO2)n1. The smallest absolute Gasteiger partial charge is 0.107 e. The number of nitrogens with one attached hydrogen (secondary N) is 1. The first-order valence-electron chi connectivity index (χ1n) is 6.62. The molecule has 1 saturated heterocycles. The van der Waals surface area contributed by atoms with Crippen molar-refractivity contribution < 1.29 is 4.74 Å². The van der Waals surface area contributed by atoms with E-state index in [1.54, 1.807) is 11.3 Å². The van der Waals surface area contributed by atoms with Gasteiger partial charge in [0.2, 0.25) is 0 Å². The molecule has 1 aromatic heterocycles. The van der Waals surface area contributed by atoms with Crippen LogP contribution >= 0.6 is 11.3 Å². The van der Waals surface area contributed by atoms with Gasteiger partial charge in [0.15, 0.2) is 0 Å². The number of hydrogen-bond acceptors (Lipinski definition) is 5. The molecular weight excluding hydrogens is 246 g/mol. The molecule has 0 spiro atoms. The van der Waals surface area contributed by atoms with E-state index in [9.17, 15) is 0 Å². The summed E-state index contributed by atoms with van der Waals surface area (Å²) >= 11 is 1.72. The lowest BCUT2D eigenvalue weighted by Crippen LogP contribution is -2.48. The number of rotatable bonds is 5. The Balaban J connectivity index is 1.70. The van der Waals surface area contributed by atoms with Crippen molar-refractivity contribution >= 4 is 11.3 Å². The van der Waals surface area contributed by atoms with E-state index in [4.69, 9.17) is 4.74 Å². The average Bonchev–Trinajstić information content (AvgIpc) is 2.75. The first-order chi connectivity index (χ1) is 8.65. The molecule has 0 saturated carbocycles. The molecule has 1 aliphatic rings. The van der Waals surface area contributed by atoms with Crippen LogP contribution in [0.15, 0.2) is 5.38 Å². The summed E-state index contributed by atoms with van der Waals surface area (Å²) in [6.45, 7) is 11.2. The summed E-state index contributed by atoms with van der Waals surface area (Å²) in [5.74, 6) is 0. The second kappa shape index (κ2) is 6.61. The van der Waals surface area contributed by atoms with Gasteiger partial charge < -0.3 is 10.1 Å². The third-order valence-electron chi connectivity index (χ3n) is 3.22. The molecule has 1 aromatic rings. The highest BCUT2D eigenvalue weighted by Crippen LogP contribution is 2.10. The summed E-state index contributed by atoms with van der Waals surface area (Å²) in [5, 5.41) is 6.69. The molecule has 2 heterocycles. The van der Waals surface area contributed by atoms with Gasteiger partial charge in [-0.25, -0.2) is 4.98 Å². The number of ether oxygens (including phenoxy) is 1. The summed E-state index contributed by atoms with van der Waals surface area (Å²) in [4.78, 5) is 6.92. The Bertz CT molecular complexity index is 367. The van der Waals surface area contributed by atoms with Gasteiger partial charge in [-0.05, 0) is 20.8 Å². The molecular formula is C13H23N3OS. The van der Waals surface area contributed by atoms with Crippen LogP contribution in [-0.2, 0) is 11.3 Å². The molecule has 1 aliphatic heterocycles. The molecule has 0 amide bonds. The minimum atomic E-state index is 0.308. The van der Waals surface area contributed by atoms with Crippen LogP contribution < -0.4 is 5.32 Å². The second-order valence-corrected chi connectivity index (χ2v) is 6.04. The van der Waals surface area contributed by atoms with Crippen LogP contribution in [0.25, 0.3) is 0 Å². The Hall–Kier alpha value is -0.490. The van der Waals surface area contributed by atoms with Crippen molar-refractivity contribution in [1.82, 2.24) is 15.2 Å². The first kappa shape index (κ1) is 13.9. The van der Waals surface area contributed by atoms with E-state index in [-0.39, 0.29) is 0 Å². The van der Waals surface area contributed by atoms with Gasteiger partial charge in [0.05, 0.1) is 12.7 Å². The Morgan fingerprint density at radius 2 is 2.44 bits per heavy atom. The number of thiazole rings is 1. The molecule has 102 valence electrons. The quantitative estimate of drug-likeness (QED) is 0.882. The topological polar surface area (TPSA) is 37.4 Å². The third-order valence-corrected chi connectivity index (χ3v) is 4.18. The van der Waals surface area contributed by atoms with Crippen LogP contribution in [0.3, 0.4) is 0 Å². The molecule has 2 rings (SSSR count). The summed E-state index contributed by atoms with van der Waals surface area (Å²) in [6, 6.07) is 0.609. The summed E-state index contributed by atoms with van der Waals surface area (Å²) in [7, 11) is 0. The highest BCUT2D eigenvalue weighted by molar-refractivity contribution is 7.09. The number of aromatic nitrogens is 1. The molecule has 1 fully saturated rings. The van der Waals surface area contributed by atoms with Crippen molar-refractivity contribution in [2.24, 2.45) is 0 Å². The van der Waals surface area contributed by atoms with Crippen molar-refractivity contribution in [3.8, 4) is 0 Å². The lowest BCUT2D eigenvalue weighted by molar-refractivity contribution is -0.0372. The molecule has 1 atom stereocenters. The second-order valence-electron chi connectivity index (χ2n) is 5.10. The Labute approximate surface area is 113 Å². The third kappa shape index (κ3) is 4.02. The number of morpholine rings is 1. The first-order valence-corrected chi connectivity index (χ1v) is 7.50. The summed E-state index contributed by atoms with van der Waals surface area (Å²) in [6.07, 6.45) is 0.308. The number of aryl methyl sites for hydroxylation is 1. The molecule has 4 nitrogen and oxygen atoms in total. The van der Waals surface area contributed by atoms with Gasteiger partial charge in [-0.3, -0.25) is 4.90 Å².